The van der Waals surface area contributed by atoms with Crippen LogP contribution in [0.5, 0.6) is 5.88 Å². The molecule has 2 rings (SSSR count). The van der Waals surface area contributed by atoms with E-state index in [2.05, 4.69) is 15.3 Å². The summed E-state index contributed by atoms with van der Waals surface area (Å²) in [5.74, 6) is 0.144. The summed E-state index contributed by atoms with van der Waals surface area (Å²) in [6.07, 6.45) is -1.76. The van der Waals surface area contributed by atoms with Crippen LogP contribution in [0.1, 0.15) is 43.7 Å². The highest BCUT2D eigenvalue weighted by Crippen LogP contribution is 2.31. The number of rotatable bonds is 3. The summed E-state index contributed by atoms with van der Waals surface area (Å²) >= 11 is 0. The number of hydrogen-bond acceptors (Lipinski definition) is 4. The molecule has 0 aromatic carbocycles. The fourth-order valence-corrected chi connectivity index (χ4v) is 2.04. The van der Waals surface area contributed by atoms with Crippen molar-refractivity contribution in [1.82, 2.24) is 15.3 Å². The molecule has 19 heavy (non-hydrogen) atoms. The highest BCUT2D eigenvalue weighted by molar-refractivity contribution is 5.20. The van der Waals surface area contributed by atoms with Gasteiger partial charge < -0.3 is 10.1 Å². The minimum atomic E-state index is -4.49. The molecule has 106 valence electrons. The van der Waals surface area contributed by atoms with Gasteiger partial charge >= 0.3 is 6.18 Å². The van der Waals surface area contributed by atoms with E-state index in [4.69, 9.17) is 4.74 Å². The van der Waals surface area contributed by atoms with Crippen LogP contribution in [0, 0.1) is 0 Å². The molecule has 1 unspecified atom stereocenters. The van der Waals surface area contributed by atoms with Gasteiger partial charge in [-0.15, -0.1) is 0 Å². The van der Waals surface area contributed by atoms with Gasteiger partial charge in [0.1, 0.15) is 5.82 Å². The van der Waals surface area contributed by atoms with Crippen LogP contribution in [0.4, 0.5) is 13.2 Å². The summed E-state index contributed by atoms with van der Waals surface area (Å²) in [7, 11) is 0. The number of nitrogens with zero attached hydrogens (tertiary/aromatic N) is 2. The van der Waals surface area contributed by atoms with Crippen molar-refractivity contribution >= 4 is 0 Å². The second kappa shape index (κ2) is 5.73. The van der Waals surface area contributed by atoms with Gasteiger partial charge in [0, 0.05) is 6.07 Å². The van der Waals surface area contributed by atoms with E-state index in [9.17, 15) is 13.2 Å². The first kappa shape index (κ1) is 14.0. The van der Waals surface area contributed by atoms with Gasteiger partial charge in [-0.2, -0.15) is 18.2 Å². The van der Waals surface area contributed by atoms with Crippen molar-refractivity contribution in [3.63, 3.8) is 0 Å². The van der Waals surface area contributed by atoms with Crippen molar-refractivity contribution in [2.24, 2.45) is 0 Å². The second-order valence-electron chi connectivity index (χ2n) is 4.38. The van der Waals surface area contributed by atoms with Crippen LogP contribution < -0.4 is 10.1 Å². The number of aromatic nitrogens is 2. The quantitative estimate of drug-likeness (QED) is 0.921. The second-order valence-corrected chi connectivity index (χ2v) is 4.38. The topological polar surface area (TPSA) is 47.0 Å². The summed E-state index contributed by atoms with van der Waals surface area (Å²) in [5.41, 5.74) is -0.951. The molecular weight excluding hydrogens is 259 g/mol. The van der Waals surface area contributed by atoms with Crippen LogP contribution in [0.25, 0.3) is 0 Å². The third kappa shape index (κ3) is 3.56. The highest BCUT2D eigenvalue weighted by Gasteiger charge is 2.34. The molecule has 0 bridgehead atoms. The first-order chi connectivity index (χ1) is 9.00. The summed E-state index contributed by atoms with van der Waals surface area (Å²) in [6.45, 7) is 2.74. The average Bonchev–Trinajstić information content (AvgIpc) is 2.39. The van der Waals surface area contributed by atoms with Crippen molar-refractivity contribution < 1.29 is 17.9 Å². The molecule has 1 fully saturated rings. The normalized spacial score (nSPS) is 20.3. The van der Waals surface area contributed by atoms with Crippen LogP contribution in [0.3, 0.4) is 0 Å². The van der Waals surface area contributed by atoms with E-state index in [1.165, 1.54) is 0 Å². The van der Waals surface area contributed by atoms with E-state index in [1.54, 1.807) is 6.92 Å². The fourth-order valence-electron chi connectivity index (χ4n) is 2.04. The average molecular weight is 275 g/mol. The minimum absolute atomic E-state index is 0.0211. The Bertz CT molecular complexity index is 431. The maximum absolute atomic E-state index is 12.8. The third-order valence-corrected chi connectivity index (χ3v) is 2.92. The molecule has 0 amide bonds. The fraction of sp³-hybridized carbons (Fsp3) is 0.667. The summed E-state index contributed by atoms with van der Waals surface area (Å²) in [5, 5.41) is 3.14. The zero-order chi connectivity index (χ0) is 13.9. The van der Waals surface area contributed by atoms with Gasteiger partial charge in [0.25, 0.3) is 0 Å². The Hall–Kier alpha value is -1.37. The Morgan fingerprint density at radius 1 is 1.37 bits per heavy atom. The summed E-state index contributed by atoms with van der Waals surface area (Å²) < 4.78 is 43.5. The van der Waals surface area contributed by atoms with Crippen molar-refractivity contribution in [2.45, 2.75) is 38.4 Å². The van der Waals surface area contributed by atoms with Crippen LogP contribution in [-0.2, 0) is 6.18 Å². The molecule has 0 saturated carbocycles. The van der Waals surface area contributed by atoms with E-state index in [0.717, 1.165) is 31.9 Å². The molecular formula is C12H16F3N3O. The van der Waals surface area contributed by atoms with Gasteiger partial charge in [-0.25, -0.2) is 4.98 Å². The third-order valence-electron chi connectivity index (χ3n) is 2.92. The Kier molecular flexibility index (Phi) is 4.24. The molecule has 4 nitrogen and oxygen atoms in total. The Morgan fingerprint density at radius 3 is 2.74 bits per heavy atom. The Balaban J connectivity index is 2.33. The van der Waals surface area contributed by atoms with Gasteiger partial charge in [-0.1, -0.05) is 6.42 Å². The van der Waals surface area contributed by atoms with Crippen molar-refractivity contribution in [3.8, 4) is 5.88 Å². The van der Waals surface area contributed by atoms with Gasteiger partial charge in [-0.3, -0.25) is 0 Å². The predicted molar refractivity (Wildman–Crippen MR) is 62.8 cm³/mol. The van der Waals surface area contributed by atoms with E-state index in [0.29, 0.717) is 0 Å². The summed E-state index contributed by atoms with van der Waals surface area (Å²) in [4.78, 5) is 7.70. The van der Waals surface area contributed by atoms with Crippen molar-refractivity contribution in [3.05, 3.63) is 17.6 Å². The van der Waals surface area contributed by atoms with E-state index >= 15 is 0 Å². The molecule has 0 spiro atoms. The standard InChI is InChI=1S/C12H16F3N3O/c1-2-19-10-7-9(12(13,14)15)17-11(18-10)8-5-3-4-6-16-8/h7-8,16H,2-6H2,1H3. The lowest BCUT2D eigenvalue weighted by molar-refractivity contribution is -0.141. The maximum Gasteiger partial charge on any atom is 0.433 e. The number of alkyl halides is 3. The number of halogens is 3. The van der Waals surface area contributed by atoms with Crippen LogP contribution in [0.2, 0.25) is 0 Å². The van der Waals surface area contributed by atoms with Crippen LogP contribution in [0.15, 0.2) is 6.07 Å². The lowest BCUT2D eigenvalue weighted by atomic mass is 10.0. The molecule has 1 aromatic heterocycles. The zero-order valence-electron chi connectivity index (χ0n) is 10.6. The number of piperidine rings is 1. The maximum atomic E-state index is 12.8. The van der Waals surface area contributed by atoms with E-state index in [1.807, 2.05) is 0 Å². The molecule has 1 aromatic rings. The van der Waals surface area contributed by atoms with Crippen molar-refractivity contribution in [1.29, 1.82) is 0 Å². The lowest BCUT2D eigenvalue weighted by Crippen LogP contribution is -2.29. The first-order valence-electron chi connectivity index (χ1n) is 6.33. The van der Waals surface area contributed by atoms with Gasteiger partial charge in [0.15, 0.2) is 5.69 Å². The smallest absolute Gasteiger partial charge is 0.433 e. The molecule has 1 atom stereocenters. The van der Waals surface area contributed by atoms with Crippen molar-refractivity contribution in [2.75, 3.05) is 13.2 Å². The first-order valence-corrected chi connectivity index (χ1v) is 6.33. The SMILES string of the molecule is CCOc1cc(C(F)(F)F)nc(C2CCCCN2)n1. The van der Waals surface area contributed by atoms with Crippen LogP contribution in [-0.4, -0.2) is 23.1 Å². The lowest BCUT2D eigenvalue weighted by Gasteiger charge is -2.23. The largest absolute Gasteiger partial charge is 0.478 e. The summed E-state index contributed by atoms with van der Waals surface area (Å²) in [6, 6.07) is 0.616. The number of ether oxygens (including phenoxy) is 1. The van der Waals surface area contributed by atoms with E-state index < -0.39 is 11.9 Å². The molecule has 7 heteroatoms. The molecule has 1 aliphatic heterocycles. The number of hydrogen-bond donors (Lipinski definition) is 1. The molecule has 0 aliphatic carbocycles. The highest BCUT2D eigenvalue weighted by atomic mass is 19.4. The molecule has 1 saturated heterocycles. The number of nitrogens with one attached hydrogen (secondary N) is 1. The van der Waals surface area contributed by atoms with Crippen LogP contribution >= 0.6 is 0 Å². The minimum Gasteiger partial charge on any atom is -0.478 e. The monoisotopic (exact) mass is 275 g/mol. The predicted octanol–water partition coefficient (Wildman–Crippen LogP) is 2.71. The zero-order valence-corrected chi connectivity index (χ0v) is 10.6. The molecule has 0 radical (unpaired) electrons. The molecule has 1 aliphatic rings. The van der Waals surface area contributed by atoms with Gasteiger partial charge in [-0.05, 0) is 26.3 Å². The Morgan fingerprint density at radius 2 is 2.16 bits per heavy atom. The van der Waals surface area contributed by atoms with Gasteiger partial charge in [0.2, 0.25) is 5.88 Å². The Labute approximate surface area is 109 Å². The molecule has 2 heterocycles. The van der Waals surface area contributed by atoms with Gasteiger partial charge in [0.05, 0.1) is 12.6 Å². The molecule has 1 N–H and O–H groups in total. The van der Waals surface area contributed by atoms with E-state index in [-0.39, 0.29) is 24.4 Å².